The molecule has 0 radical (unpaired) electrons. The first-order valence-electron chi connectivity index (χ1n) is 8.58. The van der Waals surface area contributed by atoms with E-state index in [1.54, 1.807) is 53.4 Å². The van der Waals surface area contributed by atoms with Gasteiger partial charge in [0.2, 0.25) is 5.91 Å². The molecule has 1 fully saturated rings. The minimum Gasteiger partial charge on any atom is -0.314 e. The van der Waals surface area contributed by atoms with Gasteiger partial charge < -0.3 is 9.80 Å². The van der Waals surface area contributed by atoms with Crippen molar-refractivity contribution in [3.63, 3.8) is 0 Å². The highest BCUT2D eigenvalue weighted by Crippen LogP contribution is 2.24. The van der Waals surface area contributed by atoms with E-state index in [4.69, 9.17) is 11.6 Å². The Hall–Kier alpha value is -3.07. The fourth-order valence-electron chi connectivity index (χ4n) is 3.22. The maximum Gasteiger partial charge on any atom is 0.406 e. The summed E-state index contributed by atoms with van der Waals surface area (Å²) in [7, 11) is 0. The lowest BCUT2D eigenvalue weighted by molar-refractivity contribution is -0.157. The number of amides is 2. The number of alkyl halides is 3. The lowest BCUT2D eigenvalue weighted by Crippen LogP contribution is -2.37. The minimum atomic E-state index is -4.52. The van der Waals surface area contributed by atoms with Gasteiger partial charge in [0.15, 0.2) is 0 Å². The van der Waals surface area contributed by atoms with Gasteiger partial charge in [0.25, 0.3) is 5.91 Å². The molecule has 2 heterocycles. The van der Waals surface area contributed by atoms with Crippen molar-refractivity contribution >= 4 is 34.4 Å². The van der Waals surface area contributed by atoms with Crippen LogP contribution in [0.15, 0.2) is 48.8 Å². The molecule has 0 unspecified atom stereocenters. The Labute approximate surface area is 168 Å². The summed E-state index contributed by atoms with van der Waals surface area (Å²) in [6.07, 6.45) is -2.91. The lowest BCUT2D eigenvalue weighted by atomic mass is 10.1. The lowest BCUT2D eigenvalue weighted by Gasteiger charge is -2.19. The highest BCUT2D eigenvalue weighted by atomic mass is 35.5. The first-order chi connectivity index (χ1) is 13.7. The molecule has 29 heavy (non-hydrogen) atoms. The van der Waals surface area contributed by atoms with E-state index in [2.05, 4.69) is 4.98 Å². The van der Waals surface area contributed by atoms with Gasteiger partial charge in [-0.25, -0.2) is 4.98 Å². The van der Waals surface area contributed by atoms with E-state index in [9.17, 15) is 22.8 Å². The number of benzene rings is 2. The largest absolute Gasteiger partial charge is 0.406 e. The molecule has 2 aromatic carbocycles. The molecule has 2 amide bonds. The zero-order valence-electron chi connectivity index (χ0n) is 14.9. The SMILES string of the molecule is O=C1CN(C(=O)c2ccc3ncn(-c4ccc(Cl)cc4)c3c2)CN1CC(F)(F)F. The normalized spacial score (nSPS) is 14.8. The van der Waals surface area contributed by atoms with Crippen molar-refractivity contribution < 1.29 is 22.8 Å². The first-order valence-corrected chi connectivity index (χ1v) is 8.96. The van der Waals surface area contributed by atoms with Crippen LogP contribution in [-0.4, -0.2) is 57.1 Å². The molecule has 0 atom stereocenters. The average Bonchev–Trinajstić information content (AvgIpc) is 3.24. The highest BCUT2D eigenvalue weighted by molar-refractivity contribution is 6.30. The molecule has 0 saturated carbocycles. The molecule has 1 aromatic heterocycles. The maximum absolute atomic E-state index is 12.8. The summed E-state index contributed by atoms with van der Waals surface area (Å²) in [5.41, 5.74) is 2.34. The molecule has 10 heteroatoms. The third-order valence-electron chi connectivity index (χ3n) is 4.58. The number of halogens is 4. The van der Waals surface area contributed by atoms with Crippen molar-refractivity contribution in [1.82, 2.24) is 19.4 Å². The second kappa shape index (κ2) is 7.07. The average molecular weight is 423 g/mol. The van der Waals surface area contributed by atoms with Crippen molar-refractivity contribution in [3.05, 3.63) is 59.4 Å². The van der Waals surface area contributed by atoms with Gasteiger partial charge >= 0.3 is 6.18 Å². The zero-order chi connectivity index (χ0) is 20.8. The molecule has 6 nitrogen and oxygen atoms in total. The van der Waals surface area contributed by atoms with Crippen LogP contribution in [0.4, 0.5) is 13.2 Å². The predicted octanol–water partition coefficient (Wildman–Crippen LogP) is 3.48. The molecule has 0 spiro atoms. The Morgan fingerprint density at radius 2 is 1.86 bits per heavy atom. The third-order valence-corrected chi connectivity index (χ3v) is 4.83. The molecule has 3 aromatic rings. The van der Waals surface area contributed by atoms with Crippen LogP contribution in [0.25, 0.3) is 16.7 Å². The standard InChI is InChI=1S/C19H14ClF3N4O2/c20-13-2-4-14(5-3-13)27-10-24-15-6-1-12(7-16(15)27)18(29)25-8-17(28)26(11-25)9-19(21,22)23/h1-7,10H,8-9,11H2. The Bertz CT molecular complexity index is 1100. The molecule has 1 aliphatic rings. The summed E-state index contributed by atoms with van der Waals surface area (Å²) >= 11 is 5.92. The van der Waals surface area contributed by atoms with E-state index in [1.807, 2.05) is 0 Å². The van der Waals surface area contributed by atoms with E-state index >= 15 is 0 Å². The van der Waals surface area contributed by atoms with Gasteiger partial charge in [0.1, 0.15) is 19.4 Å². The second-order valence-corrected chi connectivity index (χ2v) is 7.08. The van der Waals surface area contributed by atoms with Gasteiger partial charge in [-0.3, -0.25) is 14.2 Å². The van der Waals surface area contributed by atoms with Crippen LogP contribution < -0.4 is 0 Å². The number of hydrogen-bond acceptors (Lipinski definition) is 3. The van der Waals surface area contributed by atoms with E-state index < -0.39 is 31.2 Å². The van der Waals surface area contributed by atoms with Gasteiger partial charge in [0.05, 0.1) is 17.7 Å². The predicted molar refractivity (Wildman–Crippen MR) is 99.8 cm³/mol. The van der Waals surface area contributed by atoms with Crippen molar-refractivity contribution in [2.75, 3.05) is 19.8 Å². The van der Waals surface area contributed by atoms with Crippen molar-refractivity contribution in [2.45, 2.75) is 6.18 Å². The summed E-state index contributed by atoms with van der Waals surface area (Å²) in [5, 5.41) is 0.580. The van der Waals surface area contributed by atoms with Crippen LogP contribution in [0.2, 0.25) is 5.02 Å². The molecular weight excluding hydrogens is 409 g/mol. The Balaban J connectivity index is 1.61. The quantitative estimate of drug-likeness (QED) is 0.649. The van der Waals surface area contributed by atoms with Gasteiger partial charge in [-0.1, -0.05) is 11.6 Å². The Morgan fingerprint density at radius 3 is 2.55 bits per heavy atom. The Kier molecular flexibility index (Phi) is 4.70. The van der Waals surface area contributed by atoms with E-state index in [-0.39, 0.29) is 12.1 Å². The van der Waals surface area contributed by atoms with Crippen molar-refractivity contribution in [3.8, 4) is 5.69 Å². The van der Waals surface area contributed by atoms with Crippen LogP contribution in [-0.2, 0) is 4.79 Å². The number of carbonyl (C=O) groups is 2. The van der Waals surface area contributed by atoms with Gasteiger partial charge in [-0.2, -0.15) is 13.2 Å². The van der Waals surface area contributed by atoms with E-state index in [0.29, 0.717) is 21.0 Å². The summed E-state index contributed by atoms with van der Waals surface area (Å²) in [5.74, 6) is -1.25. The van der Waals surface area contributed by atoms with Gasteiger partial charge in [-0.05, 0) is 42.5 Å². The van der Waals surface area contributed by atoms with Crippen LogP contribution in [0.3, 0.4) is 0 Å². The van der Waals surface area contributed by atoms with Crippen LogP contribution >= 0.6 is 11.6 Å². The first kappa shape index (κ1) is 19.3. The molecule has 4 rings (SSSR count). The number of rotatable bonds is 3. The molecule has 0 N–H and O–H groups in total. The maximum atomic E-state index is 12.8. The zero-order valence-corrected chi connectivity index (χ0v) is 15.6. The van der Waals surface area contributed by atoms with E-state index in [0.717, 1.165) is 10.6 Å². The summed E-state index contributed by atoms with van der Waals surface area (Å²) in [6, 6.07) is 11.8. The number of nitrogens with zero attached hydrogens (tertiary/aromatic N) is 4. The van der Waals surface area contributed by atoms with Gasteiger partial charge in [-0.15, -0.1) is 0 Å². The summed E-state index contributed by atoms with van der Waals surface area (Å²) < 4.78 is 39.5. The summed E-state index contributed by atoms with van der Waals surface area (Å²) in [4.78, 5) is 30.6. The van der Waals surface area contributed by atoms with Crippen molar-refractivity contribution in [1.29, 1.82) is 0 Å². The molecule has 1 saturated heterocycles. The number of carbonyl (C=O) groups excluding carboxylic acids is 2. The number of aromatic nitrogens is 2. The molecule has 1 aliphatic heterocycles. The molecular formula is C19H14ClF3N4O2. The van der Waals surface area contributed by atoms with Crippen molar-refractivity contribution in [2.24, 2.45) is 0 Å². The number of fused-ring (bicyclic) bond motifs is 1. The third kappa shape index (κ3) is 3.91. The highest BCUT2D eigenvalue weighted by Gasteiger charge is 2.39. The minimum absolute atomic E-state index is 0.259. The molecule has 0 bridgehead atoms. The van der Waals surface area contributed by atoms with E-state index in [1.165, 1.54) is 0 Å². The van der Waals surface area contributed by atoms with Gasteiger partial charge in [0, 0.05) is 16.3 Å². The smallest absolute Gasteiger partial charge is 0.314 e. The van der Waals surface area contributed by atoms with Crippen LogP contribution in [0, 0.1) is 0 Å². The number of hydrogen-bond donors (Lipinski definition) is 0. The fourth-order valence-corrected chi connectivity index (χ4v) is 3.35. The second-order valence-electron chi connectivity index (χ2n) is 6.65. The molecule has 150 valence electrons. The van der Waals surface area contributed by atoms with Crippen LogP contribution in [0.1, 0.15) is 10.4 Å². The number of imidazole rings is 1. The monoisotopic (exact) mass is 422 g/mol. The fraction of sp³-hybridized carbons (Fsp3) is 0.211. The molecule has 0 aliphatic carbocycles. The van der Waals surface area contributed by atoms with Crippen LogP contribution in [0.5, 0.6) is 0 Å². The summed E-state index contributed by atoms with van der Waals surface area (Å²) in [6.45, 7) is -2.16. The Morgan fingerprint density at radius 1 is 1.14 bits per heavy atom. The topological polar surface area (TPSA) is 58.4 Å².